The van der Waals surface area contributed by atoms with Gasteiger partial charge in [-0.2, -0.15) is 4.80 Å². The maximum atomic E-state index is 4.48. The number of imidazole rings is 1. The van der Waals surface area contributed by atoms with Gasteiger partial charge in [-0.25, -0.2) is 4.98 Å². The minimum absolute atomic E-state index is 0.715. The van der Waals surface area contributed by atoms with Gasteiger partial charge in [0.05, 0.1) is 25.2 Å². The number of rotatable bonds is 6. The SMILES string of the molecule is Cc1ccc(Cc2nnn(CCCn3cnc4c3CNCN4)n2)cc1. The Hall–Kier alpha value is -2.74. The van der Waals surface area contributed by atoms with Gasteiger partial charge in [0, 0.05) is 19.5 Å². The van der Waals surface area contributed by atoms with Crippen molar-refractivity contribution in [1.82, 2.24) is 35.1 Å². The van der Waals surface area contributed by atoms with Crippen LogP contribution in [0.1, 0.15) is 29.1 Å². The van der Waals surface area contributed by atoms with Gasteiger partial charge in [-0.1, -0.05) is 29.8 Å². The van der Waals surface area contributed by atoms with Crippen molar-refractivity contribution < 1.29 is 0 Å². The van der Waals surface area contributed by atoms with Gasteiger partial charge in [-0.15, -0.1) is 10.2 Å². The summed E-state index contributed by atoms with van der Waals surface area (Å²) in [6.07, 6.45) is 3.54. The first-order valence-electron chi connectivity index (χ1n) is 8.59. The highest BCUT2D eigenvalue weighted by Crippen LogP contribution is 2.16. The minimum Gasteiger partial charge on any atom is -0.356 e. The van der Waals surface area contributed by atoms with Crippen molar-refractivity contribution in [3.8, 4) is 0 Å². The van der Waals surface area contributed by atoms with Gasteiger partial charge in [-0.3, -0.25) is 5.32 Å². The highest BCUT2D eigenvalue weighted by molar-refractivity contribution is 5.42. The van der Waals surface area contributed by atoms with Gasteiger partial charge in [0.25, 0.3) is 0 Å². The second kappa shape index (κ2) is 7.02. The molecule has 0 aliphatic carbocycles. The average molecular weight is 338 g/mol. The summed E-state index contributed by atoms with van der Waals surface area (Å²) in [5.41, 5.74) is 3.67. The van der Waals surface area contributed by atoms with Crippen LogP contribution in [0.15, 0.2) is 30.6 Å². The Balaban J connectivity index is 1.31. The molecule has 25 heavy (non-hydrogen) atoms. The smallest absolute Gasteiger partial charge is 0.179 e. The molecule has 2 aromatic heterocycles. The molecule has 3 aromatic rings. The molecule has 3 heterocycles. The van der Waals surface area contributed by atoms with Gasteiger partial charge in [-0.05, 0) is 24.1 Å². The molecule has 0 atom stereocenters. The number of anilines is 1. The number of nitrogens with one attached hydrogen (secondary N) is 2. The fourth-order valence-corrected chi connectivity index (χ4v) is 2.97. The second-order valence-electron chi connectivity index (χ2n) is 6.33. The van der Waals surface area contributed by atoms with Crippen LogP contribution in [-0.4, -0.2) is 36.4 Å². The third kappa shape index (κ3) is 3.69. The highest BCUT2D eigenvalue weighted by Gasteiger charge is 2.13. The Morgan fingerprint density at radius 2 is 2.04 bits per heavy atom. The molecule has 2 N–H and O–H groups in total. The van der Waals surface area contributed by atoms with Crippen LogP contribution in [0.4, 0.5) is 5.82 Å². The third-order valence-corrected chi connectivity index (χ3v) is 4.35. The van der Waals surface area contributed by atoms with Crippen molar-refractivity contribution in [1.29, 1.82) is 0 Å². The molecule has 0 bridgehead atoms. The molecule has 0 fully saturated rings. The van der Waals surface area contributed by atoms with Crippen LogP contribution in [0.5, 0.6) is 0 Å². The molecular formula is C17H22N8. The number of hydrogen-bond donors (Lipinski definition) is 2. The van der Waals surface area contributed by atoms with Crippen molar-refractivity contribution in [2.75, 3.05) is 12.0 Å². The van der Waals surface area contributed by atoms with Gasteiger partial charge in [0.15, 0.2) is 5.82 Å². The van der Waals surface area contributed by atoms with E-state index in [1.165, 1.54) is 16.8 Å². The molecular weight excluding hydrogens is 316 g/mol. The summed E-state index contributed by atoms with van der Waals surface area (Å²) in [5.74, 6) is 1.75. The summed E-state index contributed by atoms with van der Waals surface area (Å²) in [6, 6.07) is 8.44. The number of aromatic nitrogens is 6. The maximum Gasteiger partial charge on any atom is 0.179 e. The lowest BCUT2D eigenvalue weighted by Crippen LogP contribution is -2.28. The van der Waals surface area contributed by atoms with Crippen molar-refractivity contribution in [3.05, 3.63) is 53.2 Å². The zero-order chi connectivity index (χ0) is 17.1. The van der Waals surface area contributed by atoms with Crippen LogP contribution in [-0.2, 0) is 26.1 Å². The molecule has 4 rings (SSSR count). The van der Waals surface area contributed by atoms with Crippen molar-refractivity contribution in [2.24, 2.45) is 0 Å². The first-order valence-corrected chi connectivity index (χ1v) is 8.59. The molecule has 0 saturated carbocycles. The minimum atomic E-state index is 0.715. The zero-order valence-electron chi connectivity index (χ0n) is 14.3. The van der Waals surface area contributed by atoms with Crippen molar-refractivity contribution >= 4 is 5.82 Å². The Labute approximate surface area is 146 Å². The molecule has 0 saturated heterocycles. The monoisotopic (exact) mass is 338 g/mol. The molecule has 0 amide bonds. The first kappa shape index (κ1) is 15.8. The van der Waals surface area contributed by atoms with Crippen LogP contribution in [0.2, 0.25) is 0 Å². The van der Waals surface area contributed by atoms with E-state index in [0.717, 1.165) is 44.4 Å². The van der Waals surface area contributed by atoms with Crippen LogP contribution in [0.25, 0.3) is 0 Å². The van der Waals surface area contributed by atoms with E-state index in [1.807, 2.05) is 6.33 Å². The fraction of sp³-hybridized carbons (Fsp3) is 0.412. The summed E-state index contributed by atoms with van der Waals surface area (Å²) in [5, 5.41) is 19.3. The number of aryl methyl sites for hydroxylation is 3. The molecule has 0 unspecified atom stereocenters. The van der Waals surface area contributed by atoms with Crippen LogP contribution < -0.4 is 10.6 Å². The van der Waals surface area contributed by atoms with Crippen LogP contribution in [0, 0.1) is 6.92 Å². The second-order valence-corrected chi connectivity index (χ2v) is 6.33. The fourth-order valence-electron chi connectivity index (χ4n) is 2.97. The Kier molecular flexibility index (Phi) is 4.43. The van der Waals surface area contributed by atoms with Crippen molar-refractivity contribution in [3.63, 3.8) is 0 Å². The predicted octanol–water partition coefficient (Wildman–Crippen LogP) is 1.33. The van der Waals surface area contributed by atoms with E-state index in [1.54, 1.807) is 4.80 Å². The van der Waals surface area contributed by atoms with E-state index < -0.39 is 0 Å². The third-order valence-electron chi connectivity index (χ3n) is 4.35. The number of nitrogens with zero attached hydrogens (tertiary/aromatic N) is 6. The van der Waals surface area contributed by atoms with E-state index >= 15 is 0 Å². The van der Waals surface area contributed by atoms with Crippen LogP contribution >= 0.6 is 0 Å². The quantitative estimate of drug-likeness (QED) is 0.705. The van der Waals surface area contributed by atoms with E-state index in [0.29, 0.717) is 6.42 Å². The maximum absolute atomic E-state index is 4.48. The summed E-state index contributed by atoms with van der Waals surface area (Å²) in [4.78, 5) is 6.08. The summed E-state index contributed by atoms with van der Waals surface area (Å²) < 4.78 is 2.18. The molecule has 8 heteroatoms. The number of tetrazole rings is 1. The topological polar surface area (TPSA) is 85.5 Å². The molecule has 1 aliphatic heterocycles. The van der Waals surface area contributed by atoms with Crippen LogP contribution in [0.3, 0.4) is 0 Å². The molecule has 130 valence electrons. The zero-order valence-corrected chi connectivity index (χ0v) is 14.3. The molecule has 8 nitrogen and oxygen atoms in total. The van der Waals surface area contributed by atoms with Crippen molar-refractivity contribution in [2.45, 2.75) is 39.4 Å². The van der Waals surface area contributed by atoms with Gasteiger partial charge >= 0.3 is 0 Å². The number of benzene rings is 1. The summed E-state index contributed by atoms with van der Waals surface area (Å²) in [6.45, 7) is 5.35. The lowest BCUT2D eigenvalue weighted by molar-refractivity contribution is 0.463. The van der Waals surface area contributed by atoms with Gasteiger partial charge in [0.2, 0.25) is 0 Å². The molecule has 1 aliphatic rings. The van der Waals surface area contributed by atoms with Gasteiger partial charge in [0.1, 0.15) is 5.82 Å². The van der Waals surface area contributed by atoms with E-state index in [4.69, 9.17) is 0 Å². The number of hydrogen-bond acceptors (Lipinski definition) is 6. The number of fused-ring (bicyclic) bond motifs is 1. The molecule has 0 radical (unpaired) electrons. The lowest BCUT2D eigenvalue weighted by Gasteiger charge is -2.16. The van der Waals surface area contributed by atoms with E-state index in [9.17, 15) is 0 Å². The van der Waals surface area contributed by atoms with E-state index in [2.05, 4.69) is 66.8 Å². The Bertz CT molecular complexity index is 833. The summed E-state index contributed by atoms with van der Waals surface area (Å²) >= 11 is 0. The lowest BCUT2D eigenvalue weighted by atomic mass is 10.1. The first-order chi connectivity index (χ1) is 12.3. The summed E-state index contributed by atoms with van der Waals surface area (Å²) in [7, 11) is 0. The average Bonchev–Trinajstić information content (AvgIpc) is 3.24. The predicted molar refractivity (Wildman–Crippen MR) is 94.0 cm³/mol. The normalized spacial score (nSPS) is 13.5. The Morgan fingerprint density at radius 1 is 1.16 bits per heavy atom. The molecule has 1 aromatic carbocycles. The Morgan fingerprint density at radius 3 is 2.92 bits per heavy atom. The standard InChI is InChI=1S/C17H22N8/c1-13-3-5-14(6-4-13)9-16-21-23-25(22-16)8-2-7-24-12-20-17-15(24)10-18-11-19-17/h3-6,12,18-19H,2,7-11H2,1H3. The largest absolute Gasteiger partial charge is 0.356 e. The van der Waals surface area contributed by atoms with Gasteiger partial charge < -0.3 is 9.88 Å². The molecule has 0 spiro atoms. The van der Waals surface area contributed by atoms with E-state index in [-0.39, 0.29) is 0 Å². The highest BCUT2D eigenvalue weighted by atomic mass is 15.6.